The molecule has 1 heterocycles. The molecule has 0 aromatic heterocycles. The van der Waals surface area contributed by atoms with E-state index >= 15 is 0 Å². The molecule has 0 radical (unpaired) electrons. The number of methoxy groups -OCH3 is 1. The summed E-state index contributed by atoms with van der Waals surface area (Å²) >= 11 is 5.84. The van der Waals surface area contributed by atoms with Gasteiger partial charge in [-0.3, -0.25) is 0 Å². The van der Waals surface area contributed by atoms with Crippen LogP contribution in [-0.2, 0) is 14.8 Å². The SMILES string of the molecule is COC1CN(S(=O)(=O)c2cc(Cl)ccc2C)C1. The zero-order valence-electron chi connectivity index (χ0n) is 9.68. The molecule has 17 heavy (non-hydrogen) atoms. The minimum atomic E-state index is -3.43. The molecule has 0 saturated carbocycles. The molecule has 0 spiro atoms. The predicted octanol–water partition coefficient (Wildman–Crippen LogP) is 1.67. The fraction of sp³-hybridized carbons (Fsp3) is 0.455. The van der Waals surface area contributed by atoms with Crippen LogP contribution in [-0.4, -0.2) is 39.0 Å². The first-order valence-corrected chi connectivity index (χ1v) is 7.06. The van der Waals surface area contributed by atoms with E-state index in [1.54, 1.807) is 26.2 Å². The molecule has 1 saturated heterocycles. The van der Waals surface area contributed by atoms with E-state index in [1.807, 2.05) is 0 Å². The molecule has 0 N–H and O–H groups in total. The van der Waals surface area contributed by atoms with Crippen molar-refractivity contribution in [3.05, 3.63) is 28.8 Å². The van der Waals surface area contributed by atoms with Gasteiger partial charge < -0.3 is 4.74 Å². The van der Waals surface area contributed by atoms with Gasteiger partial charge in [0.2, 0.25) is 10.0 Å². The number of aryl methyl sites for hydroxylation is 1. The van der Waals surface area contributed by atoms with E-state index < -0.39 is 10.0 Å². The van der Waals surface area contributed by atoms with E-state index in [9.17, 15) is 8.42 Å². The average Bonchev–Trinajstić information content (AvgIpc) is 2.19. The summed E-state index contributed by atoms with van der Waals surface area (Å²) in [4.78, 5) is 0.277. The molecule has 2 rings (SSSR count). The Bertz CT molecular complexity index is 524. The van der Waals surface area contributed by atoms with Gasteiger partial charge in [0.1, 0.15) is 0 Å². The van der Waals surface area contributed by atoms with Crippen LogP contribution in [0.5, 0.6) is 0 Å². The topological polar surface area (TPSA) is 46.6 Å². The molecular formula is C11H14ClNO3S. The van der Waals surface area contributed by atoms with Gasteiger partial charge in [-0.25, -0.2) is 8.42 Å². The van der Waals surface area contributed by atoms with Gasteiger partial charge in [0, 0.05) is 25.2 Å². The number of ether oxygens (including phenoxy) is 1. The fourth-order valence-electron chi connectivity index (χ4n) is 1.74. The van der Waals surface area contributed by atoms with Crippen LogP contribution >= 0.6 is 11.6 Å². The van der Waals surface area contributed by atoms with Crippen LogP contribution in [0.3, 0.4) is 0 Å². The maximum Gasteiger partial charge on any atom is 0.243 e. The number of rotatable bonds is 3. The molecular weight excluding hydrogens is 262 g/mol. The Balaban J connectivity index is 2.30. The number of halogens is 1. The lowest BCUT2D eigenvalue weighted by Gasteiger charge is -2.37. The first-order chi connectivity index (χ1) is 7.95. The molecule has 1 aromatic carbocycles. The van der Waals surface area contributed by atoms with Gasteiger partial charge in [-0.15, -0.1) is 0 Å². The third-order valence-electron chi connectivity index (χ3n) is 2.92. The molecule has 94 valence electrons. The summed E-state index contributed by atoms with van der Waals surface area (Å²) in [5.74, 6) is 0. The van der Waals surface area contributed by atoms with Crippen molar-refractivity contribution in [3.63, 3.8) is 0 Å². The summed E-state index contributed by atoms with van der Waals surface area (Å²) in [6.07, 6.45) is 0.00395. The van der Waals surface area contributed by atoms with Crippen LogP contribution in [0.4, 0.5) is 0 Å². The highest BCUT2D eigenvalue weighted by Gasteiger charge is 2.37. The zero-order chi connectivity index (χ0) is 12.6. The summed E-state index contributed by atoms with van der Waals surface area (Å²) < 4.78 is 31.0. The molecule has 1 fully saturated rings. The third kappa shape index (κ3) is 2.33. The maximum absolute atomic E-state index is 12.3. The van der Waals surface area contributed by atoms with Crippen molar-refractivity contribution in [2.75, 3.05) is 20.2 Å². The molecule has 0 atom stereocenters. The van der Waals surface area contributed by atoms with Crippen molar-refractivity contribution in [1.29, 1.82) is 0 Å². The van der Waals surface area contributed by atoms with Gasteiger partial charge in [-0.1, -0.05) is 17.7 Å². The van der Waals surface area contributed by atoms with Crippen LogP contribution in [0.2, 0.25) is 5.02 Å². The van der Waals surface area contributed by atoms with Crippen molar-refractivity contribution in [1.82, 2.24) is 4.31 Å². The lowest BCUT2D eigenvalue weighted by Crippen LogP contribution is -2.54. The second kappa shape index (κ2) is 4.57. The van der Waals surface area contributed by atoms with Crippen molar-refractivity contribution in [3.8, 4) is 0 Å². The summed E-state index contributed by atoms with van der Waals surface area (Å²) in [7, 11) is -1.85. The highest BCUT2D eigenvalue weighted by molar-refractivity contribution is 7.89. The monoisotopic (exact) mass is 275 g/mol. The van der Waals surface area contributed by atoms with Gasteiger partial charge in [-0.05, 0) is 24.6 Å². The van der Waals surface area contributed by atoms with Crippen molar-refractivity contribution < 1.29 is 13.2 Å². The second-order valence-corrected chi connectivity index (χ2v) is 6.43. The van der Waals surface area contributed by atoms with Gasteiger partial charge in [-0.2, -0.15) is 4.31 Å². The lowest BCUT2D eigenvalue weighted by molar-refractivity contribution is 0.0125. The quantitative estimate of drug-likeness (QED) is 0.843. The largest absolute Gasteiger partial charge is 0.379 e. The molecule has 0 unspecified atom stereocenters. The third-order valence-corrected chi connectivity index (χ3v) is 5.12. The number of benzene rings is 1. The Labute approximate surface area is 106 Å². The van der Waals surface area contributed by atoms with Crippen molar-refractivity contribution >= 4 is 21.6 Å². The Kier molecular flexibility index (Phi) is 3.45. The van der Waals surface area contributed by atoms with Gasteiger partial charge in [0.25, 0.3) is 0 Å². The molecule has 4 nitrogen and oxygen atoms in total. The molecule has 0 amide bonds. The predicted molar refractivity (Wildman–Crippen MR) is 65.7 cm³/mol. The van der Waals surface area contributed by atoms with E-state index in [2.05, 4.69) is 0 Å². The van der Waals surface area contributed by atoms with E-state index in [0.29, 0.717) is 23.7 Å². The van der Waals surface area contributed by atoms with E-state index in [1.165, 1.54) is 10.4 Å². The Hall–Kier alpha value is -0.620. The lowest BCUT2D eigenvalue weighted by atomic mass is 10.2. The van der Waals surface area contributed by atoms with E-state index in [-0.39, 0.29) is 11.0 Å². The highest BCUT2D eigenvalue weighted by Crippen LogP contribution is 2.27. The van der Waals surface area contributed by atoms with Crippen LogP contribution in [0, 0.1) is 6.92 Å². The minimum absolute atomic E-state index is 0.00395. The van der Waals surface area contributed by atoms with E-state index in [0.717, 1.165) is 0 Å². The Morgan fingerprint density at radius 3 is 2.65 bits per heavy atom. The standard InChI is InChI=1S/C11H14ClNO3S/c1-8-3-4-9(12)5-11(8)17(14,15)13-6-10(7-13)16-2/h3-5,10H,6-7H2,1-2H3. The first kappa shape index (κ1) is 12.8. The summed E-state index contributed by atoms with van der Waals surface area (Å²) in [6.45, 7) is 2.58. The normalized spacial score (nSPS) is 18.1. The summed E-state index contributed by atoms with van der Waals surface area (Å²) in [6, 6.07) is 4.89. The smallest absolute Gasteiger partial charge is 0.243 e. The summed E-state index contributed by atoms with van der Waals surface area (Å²) in [5.41, 5.74) is 0.704. The minimum Gasteiger partial charge on any atom is -0.379 e. The zero-order valence-corrected chi connectivity index (χ0v) is 11.3. The number of hydrogen-bond donors (Lipinski definition) is 0. The molecule has 1 aliphatic heterocycles. The molecule has 6 heteroatoms. The average molecular weight is 276 g/mol. The second-order valence-electron chi connectivity index (χ2n) is 4.09. The van der Waals surface area contributed by atoms with Crippen LogP contribution < -0.4 is 0 Å². The highest BCUT2D eigenvalue weighted by atomic mass is 35.5. The van der Waals surface area contributed by atoms with Gasteiger partial charge >= 0.3 is 0 Å². The van der Waals surface area contributed by atoms with Gasteiger partial charge in [0.15, 0.2) is 0 Å². The van der Waals surface area contributed by atoms with Crippen molar-refractivity contribution in [2.45, 2.75) is 17.9 Å². The first-order valence-electron chi connectivity index (χ1n) is 5.24. The molecule has 1 aromatic rings. The molecule has 1 aliphatic rings. The van der Waals surface area contributed by atoms with Crippen LogP contribution in [0.25, 0.3) is 0 Å². The number of hydrogen-bond acceptors (Lipinski definition) is 3. The van der Waals surface area contributed by atoms with E-state index in [4.69, 9.17) is 16.3 Å². The van der Waals surface area contributed by atoms with Crippen molar-refractivity contribution in [2.24, 2.45) is 0 Å². The maximum atomic E-state index is 12.3. The summed E-state index contributed by atoms with van der Waals surface area (Å²) in [5, 5.41) is 0.429. The molecule has 0 bridgehead atoms. The Morgan fingerprint density at radius 1 is 1.41 bits per heavy atom. The molecule has 0 aliphatic carbocycles. The van der Waals surface area contributed by atoms with Crippen LogP contribution in [0.15, 0.2) is 23.1 Å². The fourth-order valence-corrected chi connectivity index (χ4v) is 3.73. The Morgan fingerprint density at radius 2 is 2.06 bits per heavy atom. The number of nitrogens with zero attached hydrogens (tertiary/aromatic N) is 1. The van der Waals surface area contributed by atoms with Crippen LogP contribution in [0.1, 0.15) is 5.56 Å². The van der Waals surface area contributed by atoms with Gasteiger partial charge in [0.05, 0.1) is 11.0 Å². The number of sulfonamides is 1.